The maximum Gasteiger partial charge on any atom is 0.258 e. The normalized spacial score (nSPS) is 15.5. The van der Waals surface area contributed by atoms with Crippen LogP contribution in [0.1, 0.15) is 22.1 Å². The monoisotopic (exact) mass is 373 g/mol. The van der Waals surface area contributed by atoms with Crippen molar-refractivity contribution in [1.29, 1.82) is 0 Å². The van der Waals surface area contributed by atoms with Crippen LogP contribution in [0.25, 0.3) is 0 Å². The summed E-state index contributed by atoms with van der Waals surface area (Å²) in [7, 11) is 0. The first-order valence-corrected chi connectivity index (χ1v) is 8.93. The number of nitrogens with one attached hydrogen (secondary N) is 2. The number of anilines is 2. The largest absolute Gasteiger partial charge is 0.506 e. The number of para-hydroxylation sites is 3. The fourth-order valence-corrected chi connectivity index (χ4v) is 3.28. The molecule has 0 aliphatic carbocycles. The topological polar surface area (TPSA) is 81.7 Å². The molecule has 1 atom stereocenters. The highest BCUT2D eigenvalue weighted by atomic mass is 16.3. The molecule has 140 valence electrons. The SMILES string of the molecule is O=C(CN1C(=O)c2ccccc2NC1c1ccccc1)Nc1ccccc1O. The molecule has 28 heavy (non-hydrogen) atoms. The molecule has 1 heterocycles. The third kappa shape index (κ3) is 3.40. The van der Waals surface area contributed by atoms with Crippen LogP contribution in [0.5, 0.6) is 5.75 Å². The summed E-state index contributed by atoms with van der Waals surface area (Å²) in [6.45, 7) is -0.159. The first kappa shape index (κ1) is 17.6. The highest BCUT2D eigenvalue weighted by Crippen LogP contribution is 2.33. The zero-order chi connectivity index (χ0) is 19.5. The van der Waals surface area contributed by atoms with Crippen LogP contribution in [-0.2, 0) is 4.79 Å². The minimum Gasteiger partial charge on any atom is -0.506 e. The third-order valence-electron chi connectivity index (χ3n) is 4.63. The smallest absolute Gasteiger partial charge is 0.258 e. The highest BCUT2D eigenvalue weighted by Gasteiger charge is 2.34. The molecule has 0 saturated heterocycles. The van der Waals surface area contributed by atoms with Crippen molar-refractivity contribution in [2.24, 2.45) is 0 Å². The lowest BCUT2D eigenvalue weighted by molar-refractivity contribution is -0.117. The number of phenolic OH excluding ortho intramolecular Hbond substituents is 1. The lowest BCUT2D eigenvalue weighted by atomic mass is 10.0. The Kier molecular flexibility index (Phi) is 4.68. The molecular weight excluding hydrogens is 354 g/mol. The summed E-state index contributed by atoms with van der Waals surface area (Å²) in [5, 5.41) is 15.9. The van der Waals surface area contributed by atoms with E-state index in [1.165, 1.54) is 11.0 Å². The van der Waals surface area contributed by atoms with Gasteiger partial charge in [0.15, 0.2) is 0 Å². The lowest BCUT2D eigenvalue weighted by Crippen LogP contribution is -2.46. The number of phenols is 1. The van der Waals surface area contributed by atoms with Crippen molar-refractivity contribution in [3.05, 3.63) is 90.0 Å². The van der Waals surface area contributed by atoms with Crippen LogP contribution in [0.2, 0.25) is 0 Å². The van der Waals surface area contributed by atoms with Gasteiger partial charge in [0.25, 0.3) is 5.91 Å². The molecule has 3 aromatic rings. The van der Waals surface area contributed by atoms with Crippen molar-refractivity contribution in [3.8, 4) is 5.75 Å². The molecule has 0 aromatic heterocycles. The molecule has 0 bridgehead atoms. The van der Waals surface area contributed by atoms with E-state index in [1.54, 1.807) is 30.3 Å². The van der Waals surface area contributed by atoms with Crippen molar-refractivity contribution in [2.45, 2.75) is 6.17 Å². The molecule has 4 rings (SSSR count). The summed E-state index contributed by atoms with van der Waals surface area (Å²) in [6, 6.07) is 23.2. The van der Waals surface area contributed by atoms with Crippen molar-refractivity contribution >= 4 is 23.2 Å². The summed E-state index contributed by atoms with van der Waals surface area (Å²) in [6.07, 6.45) is -0.473. The number of carbonyl (C=O) groups is 2. The fourth-order valence-electron chi connectivity index (χ4n) is 3.28. The number of rotatable bonds is 4. The van der Waals surface area contributed by atoms with Gasteiger partial charge in [-0.1, -0.05) is 54.6 Å². The molecule has 6 heteroatoms. The standard InChI is InChI=1S/C22H19N3O3/c26-19-13-7-6-12-18(19)23-20(27)14-25-21(15-8-2-1-3-9-15)24-17-11-5-4-10-16(17)22(25)28/h1-13,21,24,26H,14H2,(H,23,27). The number of benzene rings is 3. The lowest BCUT2D eigenvalue weighted by Gasteiger charge is -2.37. The summed E-state index contributed by atoms with van der Waals surface area (Å²) >= 11 is 0. The number of fused-ring (bicyclic) bond motifs is 1. The Morgan fingerprint density at radius 1 is 0.964 bits per heavy atom. The van der Waals surface area contributed by atoms with Crippen LogP contribution in [0, 0.1) is 0 Å². The Labute approximate surface area is 162 Å². The van der Waals surface area contributed by atoms with Gasteiger partial charge in [-0.2, -0.15) is 0 Å². The molecule has 3 aromatic carbocycles. The van der Waals surface area contributed by atoms with E-state index in [0.29, 0.717) is 11.3 Å². The highest BCUT2D eigenvalue weighted by molar-refractivity contribution is 6.04. The molecule has 3 N–H and O–H groups in total. The molecule has 6 nitrogen and oxygen atoms in total. The van der Waals surface area contributed by atoms with Crippen LogP contribution in [0.3, 0.4) is 0 Å². The van der Waals surface area contributed by atoms with E-state index in [0.717, 1.165) is 11.3 Å². The van der Waals surface area contributed by atoms with Crippen molar-refractivity contribution < 1.29 is 14.7 Å². The van der Waals surface area contributed by atoms with Gasteiger partial charge in [0.05, 0.1) is 11.3 Å². The summed E-state index contributed by atoms with van der Waals surface area (Å²) in [5.74, 6) is -0.642. The molecule has 0 fully saturated rings. The predicted octanol–water partition coefficient (Wildman–Crippen LogP) is 3.60. The van der Waals surface area contributed by atoms with Crippen molar-refractivity contribution in [1.82, 2.24) is 4.90 Å². The van der Waals surface area contributed by atoms with Gasteiger partial charge < -0.3 is 20.6 Å². The quantitative estimate of drug-likeness (QED) is 0.611. The van der Waals surface area contributed by atoms with Gasteiger partial charge in [0.2, 0.25) is 5.91 Å². The van der Waals surface area contributed by atoms with E-state index in [9.17, 15) is 14.7 Å². The van der Waals surface area contributed by atoms with Crippen LogP contribution >= 0.6 is 0 Å². The van der Waals surface area contributed by atoms with Gasteiger partial charge in [-0.3, -0.25) is 9.59 Å². The summed E-state index contributed by atoms with van der Waals surface area (Å²) in [5.41, 5.74) is 2.44. The maximum absolute atomic E-state index is 13.1. The van der Waals surface area contributed by atoms with Crippen molar-refractivity contribution in [3.63, 3.8) is 0 Å². The first-order valence-electron chi connectivity index (χ1n) is 8.93. The van der Waals surface area contributed by atoms with Crippen LogP contribution in [0.4, 0.5) is 11.4 Å². The summed E-state index contributed by atoms with van der Waals surface area (Å²) in [4.78, 5) is 27.2. The third-order valence-corrected chi connectivity index (χ3v) is 4.63. The van der Waals surface area contributed by atoms with Crippen LogP contribution < -0.4 is 10.6 Å². The number of nitrogens with zero attached hydrogens (tertiary/aromatic N) is 1. The number of amides is 2. The molecule has 1 aliphatic heterocycles. The molecule has 1 unspecified atom stereocenters. The van der Waals surface area contributed by atoms with Gasteiger partial charge in [0.1, 0.15) is 18.5 Å². The predicted molar refractivity (Wildman–Crippen MR) is 107 cm³/mol. The molecule has 0 radical (unpaired) electrons. The molecule has 0 spiro atoms. The van der Waals surface area contributed by atoms with E-state index in [4.69, 9.17) is 0 Å². The van der Waals surface area contributed by atoms with Crippen LogP contribution in [-0.4, -0.2) is 28.4 Å². The Hall–Kier alpha value is -3.80. The Morgan fingerprint density at radius 2 is 1.64 bits per heavy atom. The van der Waals surface area contributed by atoms with E-state index in [-0.39, 0.29) is 18.2 Å². The first-order chi connectivity index (χ1) is 13.6. The number of carbonyl (C=O) groups excluding carboxylic acids is 2. The fraction of sp³-hybridized carbons (Fsp3) is 0.0909. The maximum atomic E-state index is 13.1. The van der Waals surface area contributed by atoms with Gasteiger partial charge in [-0.25, -0.2) is 0 Å². The molecular formula is C22H19N3O3. The second-order valence-corrected chi connectivity index (χ2v) is 6.50. The van der Waals surface area contributed by atoms with E-state index >= 15 is 0 Å². The van der Waals surface area contributed by atoms with Crippen molar-refractivity contribution in [2.75, 3.05) is 17.2 Å². The minimum atomic E-state index is -0.473. The molecule has 1 aliphatic rings. The average molecular weight is 373 g/mol. The second kappa shape index (κ2) is 7.44. The van der Waals surface area contributed by atoms with Gasteiger partial charge in [-0.15, -0.1) is 0 Å². The van der Waals surface area contributed by atoms with E-state index in [1.807, 2.05) is 42.5 Å². The van der Waals surface area contributed by atoms with Gasteiger partial charge >= 0.3 is 0 Å². The van der Waals surface area contributed by atoms with Crippen LogP contribution in [0.15, 0.2) is 78.9 Å². The average Bonchev–Trinajstić information content (AvgIpc) is 2.72. The summed E-state index contributed by atoms with van der Waals surface area (Å²) < 4.78 is 0. The Bertz CT molecular complexity index is 1020. The number of aromatic hydroxyl groups is 1. The zero-order valence-electron chi connectivity index (χ0n) is 15.0. The number of hydrogen-bond donors (Lipinski definition) is 3. The van der Waals surface area contributed by atoms with Gasteiger partial charge in [0, 0.05) is 5.69 Å². The number of hydrogen-bond acceptors (Lipinski definition) is 4. The zero-order valence-corrected chi connectivity index (χ0v) is 15.0. The molecule has 2 amide bonds. The Morgan fingerprint density at radius 3 is 2.43 bits per heavy atom. The van der Waals surface area contributed by atoms with E-state index in [2.05, 4.69) is 10.6 Å². The second-order valence-electron chi connectivity index (χ2n) is 6.50. The Balaban J connectivity index is 1.63. The molecule has 0 saturated carbocycles. The minimum absolute atomic E-state index is 0.0242. The van der Waals surface area contributed by atoms with Gasteiger partial charge in [-0.05, 0) is 29.8 Å². The van der Waals surface area contributed by atoms with E-state index < -0.39 is 12.1 Å².